The van der Waals surface area contributed by atoms with Gasteiger partial charge in [0.25, 0.3) is 0 Å². The van der Waals surface area contributed by atoms with Crippen molar-refractivity contribution in [3.8, 4) is 5.69 Å². The van der Waals surface area contributed by atoms with Crippen LogP contribution < -0.4 is 0 Å². The first-order chi connectivity index (χ1) is 11.5. The van der Waals surface area contributed by atoms with Gasteiger partial charge in [-0.15, -0.1) is 0 Å². The van der Waals surface area contributed by atoms with E-state index in [1.807, 2.05) is 4.68 Å². The number of benzene rings is 1. The van der Waals surface area contributed by atoms with Gasteiger partial charge < -0.3 is 4.74 Å². The second-order valence-corrected chi connectivity index (χ2v) is 8.65. The van der Waals surface area contributed by atoms with Crippen LogP contribution in [0.5, 0.6) is 0 Å². The van der Waals surface area contributed by atoms with Crippen molar-refractivity contribution in [1.82, 2.24) is 14.8 Å². The van der Waals surface area contributed by atoms with Crippen LogP contribution in [0.4, 0.5) is 0 Å². The number of hydrogen-bond acceptors (Lipinski definition) is 5. The van der Waals surface area contributed by atoms with Crippen LogP contribution in [0, 0.1) is 0 Å². The van der Waals surface area contributed by atoms with Gasteiger partial charge in [0.1, 0.15) is 6.10 Å². The maximum absolute atomic E-state index is 11.6. The molecule has 0 amide bonds. The molecule has 2 aliphatic rings. The number of ether oxygens (including phenoxy) is 1. The van der Waals surface area contributed by atoms with E-state index in [4.69, 9.17) is 9.72 Å². The predicted molar refractivity (Wildman–Crippen MR) is 89.0 cm³/mol. The van der Waals surface area contributed by atoms with Crippen molar-refractivity contribution >= 4 is 9.84 Å². The molecule has 4 rings (SSSR count). The lowest BCUT2D eigenvalue weighted by Gasteiger charge is -2.22. The highest BCUT2D eigenvalue weighted by atomic mass is 32.2. The molecule has 2 heterocycles. The topological polar surface area (TPSA) is 74.1 Å². The molecule has 1 saturated heterocycles. The molecule has 1 aromatic heterocycles. The molecule has 2 aromatic rings. The molecule has 1 aliphatic carbocycles. The molecule has 1 aromatic carbocycles. The summed E-state index contributed by atoms with van der Waals surface area (Å²) >= 11 is 0. The first kappa shape index (κ1) is 15.8. The van der Waals surface area contributed by atoms with Gasteiger partial charge in [0, 0.05) is 18.8 Å². The van der Waals surface area contributed by atoms with Gasteiger partial charge in [-0.05, 0) is 56.4 Å². The Labute approximate surface area is 141 Å². The molecule has 7 heteroatoms. The fourth-order valence-corrected chi connectivity index (χ4v) is 3.66. The van der Waals surface area contributed by atoms with Gasteiger partial charge in [-0.3, -0.25) is 0 Å². The Morgan fingerprint density at radius 1 is 1.12 bits per heavy atom. The third kappa shape index (κ3) is 3.10. The normalized spacial score (nSPS) is 21.8. The molecule has 24 heavy (non-hydrogen) atoms. The fourth-order valence-electron chi connectivity index (χ4n) is 3.03. The van der Waals surface area contributed by atoms with E-state index in [0.29, 0.717) is 10.8 Å². The van der Waals surface area contributed by atoms with Gasteiger partial charge in [-0.25, -0.2) is 18.1 Å². The van der Waals surface area contributed by atoms with Crippen LogP contribution >= 0.6 is 0 Å². The molecule has 1 atom stereocenters. The summed E-state index contributed by atoms with van der Waals surface area (Å²) in [5.41, 5.74) is 0.825. The molecule has 6 nitrogen and oxygen atoms in total. The van der Waals surface area contributed by atoms with Crippen molar-refractivity contribution < 1.29 is 13.2 Å². The summed E-state index contributed by atoms with van der Waals surface area (Å²) in [4.78, 5) is 5.06. The average molecular weight is 347 g/mol. The highest BCUT2D eigenvalue weighted by Crippen LogP contribution is 2.39. The maximum Gasteiger partial charge on any atom is 0.175 e. The average Bonchev–Trinajstić information content (AvgIpc) is 3.34. The molecular weight excluding hydrogens is 326 g/mol. The third-order valence-corrected chi connectivity index (χ3v) is 5.70. The van der Waals surface area contributed by atoms with Crippen molar-refractivity contribution in [2.45, 2.75) is 49.0 Å². The van der Waals surface area contributed by atoms with Crippen LogP contribution in [0.25, 0.3) is 5.69 Å². The van der Waals surface area contributed by atoms with Crippen molar-refractivity contribution in [3.05, 3.63) is 35.9 Å². The monoisotopic (exact) mass is 347 g/mol. The van der Waals surface area contributed by atoms with Crippen LogP contribution in [0.2, 0.25) is 0 Å². The van der Waals surface area contributed by atoms with Gasteiger partial charge in [-0.1, -0.05) is 0 Å². The van der Waals surface area contributed by atoms with E-state index in [0.717, 1.165) is 56.0 Å². The van der Waals surface area contributed by atoms with Gasteiger partial charge in [0.2, 0.25) is 0 Å². The number of nitrogens with zero attached hydrogens (tertiary/aromatic N) is 3. The molecule has 128 valence electrons. The standard InChI is InChI=1S/C17H21N3O3S/c1-24(21,22)14-9-7-13(8-10-14)20-17(15-4-2-3-11-23-15)18-16(19-20)12-5-6-12/h7-10,12,15H,2-6,11H2,1H3. The lowest BCUT2D eigenvalue weighted by atomic mass is 10.1. The molecule has 1 aliphatic heterocycles. The van der Waals surface area contributed by atoms with E-state index in [-0.39, 0.29) is 6.10 Å². The summed E-state index contributed by atoms with van der Waals surface area (Å²) in [5, 5.41) is 4.69. The van der Waals surface area contributed by atoms with Crippen LogP contribution in [0.15, 0.2) is 29.2 Å². The Bertz CT molecular complexity index is 832. The second-order valence-electron chi connectivity index (χ2n) is 6.64. The van der Waals surface area contributed by atoms with Crippen LogP contribution in [-0.4, -0.2) is 36.0 Å². The van der Waals surface area contributed by atoms with Crippen LogP contribution in [0.3, 0.4) is 0 Å². The molecule has 1 saturated carbocycles. The lowest BCUT2D eigenvalue weighted by molar-refractivity contribution is 0.00817. The third-order valence-electron chi connectivity index (χ3n) is 4.57. The Hall–Kier alpha value is -1.73. The maximum atomic E-state index is 11.6. The Morgan fingerprint density at radius 3 is 2.46 bits per heavy atom. The number of aromatic nitrogens is 3. The van der Waals surface area contributed by atoms with Gasteiger partial charge >= 0.3 is 0 Å². The largest absolute Gasteiger partial charge is 0.370 e. The molecule has 0 radical (unpaired) electrons. The fraction of sp³-hybridized carbons (Fsp3) is 0.529. The first-order valence-corrected chi connectivity index (χ1v) is 10.3. The summed E-state index contributed by atoms with van der Waals surface area (Å²) in [6.45, 7) is 0.753. The number of hydrogen-bond donors (Lipinski definition) is 0. The number of rotatable bonds is 4. The predicted octanol–water partition coefficient (Wildman–Crippen LogP) is 2.79. The lowest BCUT2D eigenvalue weighted by Crippen LogP contribution is -2.16. The molecular formula is C17H21N3O3S. The Kier molecular flexibility index (Phi) is 3.92. The highest BCUT2D eigenvalue weighted by Gasteiger charge is 2.31. The van der Waals surface area contributed by atoms with Gasteiger partial charge in [0.05, 0.1) is 10.6 Å². The van der Waals surface area contributed by atoms with Crippen molar-refractivity contribution in [3.63, 3.8) is 0 Å². The summed E-state index contributed by atoms with van der Waals surface area (Å²) in [6, 6.07) is 6.81. The summed E-state index contributed by atoms with van der Waals surface area (Å²) in [5.74, 6) is 2.18. The quantitative estimate of drug-likeness (QED) is 0.850. The van der Waals surface area contributed by atoms with Crippen LogP contribution in [-0.2, 0) is 14.6 Å². The Balaban J connectivity index is 1.72. The Morgan fingerprint density at radius 2 is 1.88 bits per heavy atom. The molecule has 0 N–H and O–H groups in total. The first-order valence-electron chi connectivity index (χ1n) is 8.41. The van der Waals surface area contributed by atoms with Crippen LogP contribution in [0.1, 0.15) is 55.8 Å². The summed E-state index contributed by atoms with van der Waals surface area (Å²) < 4.78 is 31.0. The molecule has 0 bridgehead atoms. The minimum Gasteiger partial charge on any atom is -0.370 e. The molecule has 0 spiro atoms. The van der Waals surface area contributed by atoms with E-state index in [9.17, 15) is 8.42 Å². The SMILES string of the molecule is CS(=O)(=O)c1ccc(-n2nc(C3CC3)nc2C2CCCCO2)cc1. The zero-order chi connectivity index (χ0) is 16.7. The van der Waals surface area contributed by atoms with Crippen molar-refractivity contribution in [2.24, 2.45) is 0 Å². The second kappa shape index (κ2) is 5.97. The van der Waals surface area contributed by atoms with E-state index >= 15 is 0 Å². The van der Waals surface area contributed by atoms with Crippen molar-refractivity contribution in [2.75, 3.05) is 12.9 Å². The van der Waals surface area contributed by atoms with Gasteiger partial charge in [-0.2, -0.15) is 5.10 Å². The molecule has 1 unspecified atom stereocenters. The zero-order valence-electron chi connectivity index (χ0n) is 13.7. The molecule has 2 fully saturated rings. The summed E-state index contributed by atoms with van der Waals surface area (Å²) in [6.07, 6.45) is 6.62. The van der Waals surface area contributed by atoms with E-state index < -0.39 is 9.84 Å². The minimum atomic E-state index is -3.20. The van der Waals surface area contributed by atoms with E-state index in [1.54, 1.807) is 24.3 Å². The van der Waals surface area contributed by atoms with E-state index in [1.165, 1.54) is 6.26 Å². The highest BCUT2D eigenvalue weighted by molar-refractivity contribution is 7.90. The van der Waals surface area contributed by atoms with Crippen molar-refractivity contribution in [1.29, 1.82) is 0 Å². The number of sulfone groups is 1. The summed E-state index contributed by atoms with van der Waals surface area (Å²) in [7, 11) is -3.20. The van der Waals surface area contributed by atoms with E-state index in [2.05, 4.69) is 5.10 Å². The van der Waals surface area contributed by atoms with Gasteiger partial charge in [0.15, 0.2) is 21.5 Å². The smallest absolute Gasteiger partial charge is 0.175 e. The zero-order valence-corrected chi connectivity index (χ0v) is 14.5. The minimum absolute atomic E-state index is 0.0339.